The largest absolute Gasteiger partial charge is 0.381 e. The maximum absolute atomic E-state index is 12.4. The van der Waals surface area contributed by atoms with Gasteiger partial charge in [-0.15, -0.1) is 12.4 Å². The molecule has 3 unspecified atom stereocenters. The molecule has 1 heterocycles. The Morgan fingerprint density at radius 1 is 1.57 bits per heavy atom. The summed E-state index contributed by atoms with van der Waals surface area (Å²) in [5, 5.41) is 10.3. The number of carbonyl (C=O) groups excluding carboxylic acids is 1. The fourth-order valence-electron chi connectivity index (χ4n) is 2.82. The topological polar surface area (TPSA) is 68.2 Å². The highest BCUT2D eigenvalue weighted by molar-refractivity contribution is 5.85. The number of carbonyl (C=O) groups is 1. The van der Waals surface area contributed by atoms with Crippen molar-refractivity contribution in [2.45, 2.75) is 38.5 Å². The first kappa shape index (κ1) is 17.9. The fraction of sp³-hybridized carbons (Fsp3) is 0.714. The normalized spacial score (nSPS) is 24.6. The first-order chi connectivity index (χ1) is 9.40. The third-order valence-corrected chi connectivity index (χ3v) is 4.39. The summed E-state index contributed by atoms with van der Waals surface area (Å²) >= 11 is 0. The third-order valence-electron chi connectivity index (χ3n) is 4.39. The van der Waals surface area contributed by atoms with E-state index in [2.05, 4.69) is 29.6 Å². The number of nitrogens with zero attached hydrogens (tertiary/aromatic N) is 2. The Morgan fingerprint density at radius 2 is 2.24 bits per heavy atom. The molecule has 0 bridgehead atoms. The molecule has 1 aliphatic rings. The molecule has 7 heteroatoms. The molecular formula is C14H25ClN4O2. The Morgan fingerprint density at radius 3 is 2.67 bits per heavy atom. The van der Waals surface area contributed by atoms with Crippen LogP contribution in [0, 0.1) is 5.41 Å². The monoisotopic (exact) mass is 316 g/mol. The van der Waals surface area contributed by atoms with E-state index < -0.39 is 0 Å². The van der Waals surface area contributed by atoms with E-state index in [0.717, 1.165) is 12.0 Å². The Bertz CT molecular complexity index is 489. The number of aromatic nitrogens is 2. The van der Waals surface area contributed by atoms with Gasteiger partial charge in [-0.2, -0.15) is 5.10 Å². The van der Waals surface area contributed by atoms with E-state index in [0.29, 0.717) is 0 Å². The van der Waals surface area contributed by atoms with Gasteiger partial charge in [0.25, 0.3) is 0 Å². The predicted molar refractivity (Wildman–Crippen MR) is 83.4 cm³/mol. The van der Waals surface area contributed by atoms with Crippen molar-refractivity contribution in [1.29, 1.82) is 0 Å². The number of nitrogens with one attached hydrogen (secondary N) is 2. The van der Waals surface area contributed by atoms with Gasteiger partial charge in [0, 0.05) is 37.4 Å². The van der Waals surface area contributed by atoms with Crippen LogP contribution in [0.2, 0.25) is 0 Å². The summed E-state index contributed by atoms with van der Waals surface area (Å²) in [7, 11) is 5.34. The number of amides is 1. The molecule has 2 N–H and O–H groups in total. The maximum Gasteiger partial charge on any atom is 0.242 e. The molecule has 0 radical (unpaired) electrons. The van der Waals surface area contributed by atoms with Crippen molar-refractivity contribution in [3.8, 4) is 0 Å². The second kappa shape index (κ2) is 6.77. The van der Waals surface area contributed by atoms with Gasteiger partial charge < -0.3 is 15.4 Å². The maximum atomic E-state index is 12.4. The van der Waals surface area contributed by atoms with Gasteiger partial charge >= 0.3 is 0 Å². The molecule has 2 rings (SSSR count). The highest BCUT2D eigenvalue weighted by Crippen LogP contribution is 2.42. The van der Waals surface area contributed by atoms with Crippen molar-refractivity contribution in [1.82, 2.24) is 20.4 Å². The molecule has 3 atom stereocenters. The summed E-state index contributed by atoms with van der Waals surface area (Å²) in [6, 6.07) is -0.228. The zero-order valence-corrected chi connectivity index (χ0v) is 14.0. The van der Waals surface area contributed by atoms with E-state index in [4.69, 9.17) is 4.74 Å². The minimum atomic E-state index is -0.374. The molecule has 1 aromatic heterocycles. The lowest BCUT2D eigenvalue weighted by Crippen LogP contribution is -2.62. The van der Waals surface area contributed by atoms with Gasteiger partial charge in [-0.1, -0.05) is 13.8 Å². The Kier molecular flexibility index (Phi) is 5.78. The highest BCUT2D eigenvalue weighted by atomic mass is 35.5. The number of likely N-dealkylation sites (N-methyl/N-ethyl adjacent to an activating group) is 1. The smallest absolute Gasteiger partial charge is 0.242 e. The summed E-state index contributed by atoms with van der Waals surface area (Å²) < 4.78 is 7.10. The quantitative estimate of drug-likeness (QED) is 0.851. The summed E-state index contributed by atoms with van der Waals surface area (Å²) in [6.45, 7) is 4.24. The molecule has 0 aliphatic heterocycles. The standard InChI is InChI=1S/C14H24N4O2.ClH/c1-14(2)10(6-11(14)20-5)17-13(19)12(15-3)9-7-16-18(4)8-9;/h7-8,10-12,15H,6H2,1-5H3,(H,17,19);1H. The van der Waals surface area contributed by atoms with Crippen LogP contribution in [-0.2, 0) is 16.6 Å². The van der Waals surface area contributed by atoms with E-state index in [-0.39, 0.29) is 41.9 Å². The van der Waals surface area contributed by atoms with Crippen molar-refractivity contribution >= 4 is 18.3 Å². The fourth-order valence-corrected chi connectivity index (χ4v) is 2.82. The van der Waals surface area contributed by atoms with Gasteiger partial charge in [-0.25, -0.2) is 0 Å². The van der Waals surface area contributed by atoms with Gasteiger partial charge in [0.2, 0.25) is 5.91 Å². The summed E-state index contributed by atoms with van der Waals surface area (Å²) in [5.41, 5.74) is 0.838. The average molecular weight is 317 g/mol. The number of halogens is 1. The summed E-state index contributed by atoms with van der Waals surface area (Å²) in [6.07, 6.45) is 4.63. The van der Waals surface area contributed by atoms with Crippen LogP contribution in [0.4, 0.5) is 0 Å². The van der Waals surface area contributed by atoms with Crippen molar-refractivity contribution in [2.75, 3.05) is 14.2 Å². The number of rotatable bonds is 5. The van der Waals surface area contributed by atoms with Gasteiger partial charge in [-0.05, 0) is 13.5 Å². The summed E-state index contributed by atoms with van der Waals surface area (Å²) in [4.78, 5) is 12.4. The molecule has 6 nitrogen and oxygen atoms in total. The lowest BCUT2D eigenvalue weighted by Gasteiger charge is -2.51. The molecular weight excluding hydrogens is 292 g/mol. The highest BCUT2D eigenvalue weighted by Gasteiger charge is 2.49. The minimum Gasteiger partial charge on any atom is -0.381 e. The zero-order valence-electron chi connectivity index (χ0n) is 13.2. The van der Waals surface area contributed by atoms with Gasteiger partial charge in [-0.3, -0.25) is 9.48 Å². The summed E-state index contributed by atoms with van der Waals surface area (Å²) in [5.74, 6) is -0.0203. The van der Waals surface area contributed by atoms with Crippen LogP contribution in [0.1, 0.15) is 31.9 Å². The Hall–Kier alpha value is -1.11. The van der Waals surface area contributed by atoms with Crippen LogP contribution >= 0.6 is 12.4 Å². The van der Waals surface area contributed by atoms with Gasteiger partial charge in [0.1, 0.15) is 6.04 Å². The second-order valence-corrected chi connectivity index (χ2v) is 6.01. The van der Waals surface area contributed by atoms with E-state index >= 15 is 0 Å². The molecule has 1 fully saturated rings. The van der Waals surface area contributed by atoms with E-state index in [9.17, 15) is 4.79 Å². The molecule has 0 aromatic carbocycles. The molecule has 1 aromatic rings. The Balaban J connectivity index is 0.00000220. The van der Waals surface area contributed by atoms with Crippen LogP contribution in [0.15, 0.2) is 12.4 Å². The SMILES string of the molecule is CNC(C(=O)NC1CC(OC)C1(C)C)c1cnn(C)c1.Cl. The minimum absolute atomic E-state index is 0. The van der Waals surface area contributed by atoms with Crippen molar-refractivity contribution in [3.05, 3.63) is 18.0 Å². The number of ether oxygens (including phenoxy) is 1. The van der Waals surface area contributed by atoms with Crippen LogP contribution in [0.25, 0.3) is 0 Å². The van der Waals surface area contributed by atoms with E-state index in [1.54, 1.807) is 25.0 Å². The number of aryl methyl sites for hydroxylation is 1. The zero-order chi connectivity index (χ0) is 14.9. The molecule has 0 saturated heterocycles. The third kappa shape index (κ3) is 3.39. The van der Waals surface area contributed by atoms with Crippen LogP contribution in [0.3, 0.4) is 0 Å². The first-order valence-electron chi connectivity index (χ1n) is 6.89. The average Bonchev–Trinajstić information content (AvgIpc) is 2.81. The predicted octanol–water partition coefficient (Wildman–Crippen LogP) is 1.03. The lowest BCUT2D eigenvalue weighted by molar-refractivity contribution is -0.134. The van der Waals surface area contributed by atoms with E-state index in [1.807, 2.05) is 13.2 Å². The van der Waals surface area contributed by atoms with Crippen LogP contribution in [0.5, 0.6) is 0 Å². The Labute approximate surface area is 132 Å². The molecule has 0 spiro atoms. The molecule has 120 valence electrons. The van der Waals surface area contributed by atoms with Crippen molar-refractivity contribution in [3.63, 3.8) is 0 Å². The molecule has 1 aliphatic carbocycles. The lowest BCUT2D eigenvalue weighted by atomic mass is 9.64. The first-order valence-corrected chi connectivity index (χ1v) is 6.89. The van der Waals surface area contributed by atoms with Crippen LogP contribution < -0.4 is 10.6 Å². The molecule has 1 saturated carbocycles. The second-order valence-electron chi connectivity index (χ2n) is 6.01. The van der Waals surface area contributed by atoms with Crippen LogP contribution in [-0.4, -0.2) is 42.0 Å². The van der Waals surface area contributed by atoms with Gasteiger partial charge in [0.15, 0.2) is 0 Å². The van der Waals surface area contributed by atoms with Crippen molar-refractivity contribution < 1.29 is 9.53 Å². The van der Waals surface area contributed by atoms with E-state index in [1.165, 1.54) is 0 Å². The number of hydrogen-bond donors (Lipinski definition) is 2. The van der Waals surface area contributed by atoms with Gasteiger partial charge in [0.05, 0.1) is 12.3 Å². The number of methoxy groups -OCH3 is 1. The number of hydrogen-bond acceptors (Lipinski definition) is 4. The molecule has 1 amide bonds. The van der Waals surface area contributed by atoms with Crippen molar-refractivity contribution in [2.24, 2.45) is 12.5 Å². The molecule has 21 heavy (non-hydrogen) atoms.